The molecule has 0 aliphatic rings. The number of allylic oxidation sites excluding steroid dienone is 1. The Morgan fingerprint density at radius 2 is 1.43 bits per heavy atom. The van der Waals surface area contributed by atoms with Gasteiger partial charge in [0.15, 0.2) is 8.32 Å². The Morgan fingerprint density at radius 1 is 0.848 bits per heavy atom. The molecule has 3 nitrogen and oxygen atoms in total. The van der Waals surface area contributed by atoms with E-state index in [0.29, 0.717) is 12.2 Å². The summed E-state index contributed by atoms with van der Waals surface area (Å²) in [7, 11) is -0.245. The van der Waals surface area contributed by atoms with Crippen LogP contribution in [0.5, 0.6) is 5.75 Å². The zero-order chi connectivity index (χ0) is 34.7. The number of phenolic OH excluding ortho intramolecular Hbond substituents is 1. The van der Waals surface area contributed by atoms with E-state index >= 15 is 0 Å². The van der Waals surface area contributed by atoms with Gasteiger partial charge in [0.1, 0.15) is 5.75 Å². The van der Waals surface area contributed by atoms with E-state index in [1.54, 1.807) is 13.2 Å². The average molecular weight is 643 g/mol. The van der Waals surface area contributed by atoms with Gasteiger partial charge in [-0.3, -0.25) is 0 Å². The largest absolute Gasteiger partial charge is 0.508 e. The Morgan fingerprint density at radius 3 is 1.93 bits per heavy atom. The lowest BCUT2D eigenvalue weighted by atomic mass is 9.69. The molecule has 3 rings (SSSR count). The third-order valence-corrected chi connectivity index (χ3v) is 15.2. The molecule has 0 radical (unpaired) electrons. The molecule has 0 fully saturated rings. The molecule has 1 N–H and O–H groups in total. The maximum absolute atomic E-state index is 10.5. The van der Waals surface area contributed by atoms with Crippen molar-refractivity contribution < 1.29 is 14.3 Å². The lowest BCUT2D eigenvalue weighted by Gasteiger charge is -2.43. The van der Waals surface area contributed by atoms with Gasteiger partial charge in [-0.25, -0.2) is 0 Å². The van der Waals surface area contributed by atoms with Crippen LogP contribution in [0.25, 0.3) is 11.1 Å². The first-order valence-electron chi connectivity index (χ1n) is 17.2. The predicted molar refractivity (Wildman–Crippen MR) is 201 cm³/mol. The number of benzene rings is 3. The molecule has 0 amide bonds. The van der Waals surface area contributed by atoms with E-state index in [0.717, 1.165) is 42.4 Å². The van der Waals surface area contributed by atoms with Crippen molar-refractivity contribution in [2.24, 2.45) is 5.41 Å². The van der Waals surface area contributed by atoms with E-state index in [1.165, 1.54) is 27.8 Å². The van der Waals surface area contributed by atoms with Crippen LogP contribution in [0.15, 0.2) is 66.9 Å². The third-order valence-electron chi connectivity index (χ3n) is 10.7. The fourth-order valence-corrected chi connectivity index (χ4v) is 8.05. The van der Waals surface area contributed by atoms with Crippen molar-refractivity contribution in [1.29, 1.82) is 0 Å². The molecule has 0 saturated carbocycles. The van der Waals surface area contributed by atoms with Gasteiger partial charge >= 0.3 is 0 Å². The SMILES string of the molecule is C=C(Cc1cc(O)cc(-c2ccc(C(CC)(CC)c3ccc(CCC(O[Si](C)(C)C(C)(C)C)C(C)(C)C)c(C)c3)cc2C)c1)OC. The molecule has 3 aromatic rings. The lowest BCUT2D eigenvalue weighted by molar-refractivity contribution is 0.0657. The van der Waals surface area contributed by atoms with Gasteiger partial charge in [0.2, 0.25) is 0 Å². The Kier molecular flexibility index (Phi) is 11.9. The molecule has 3 aromatic carbocycles. The molecule has 0 aromatic heterocycles. The summed E-state index contributed by atoms with van der Waals surface area (Å²) in [6, 6.07) is 19.8. The summed E-state index contributed by atoms with van der Waals surface area (Å²) in [4.78, 5) is 0. The van der Waals surface area contributed by atoms with Crippen LogP contribution in [0.1, 0.15) is 108 Å². The van der Waals surface area contributed by atoms with Crippen LogP contribution >= 0.6 is 0 Å². The Balaban J connectivity index is 1.92. The van der Waals surface area contributed by atoms with Gasteiger partial charge in [-0.15, -0.1) is 0 Å². The monoisotopic (exact) mass is 642 g/mol. The van der Waals surface area contributed by atoms with Crippen molar-refractivity contribution >= 4 is 8.32 Å². The van der Waals surface area contributed by atoms with Crippen LogP contribution in [0.4, 0.5) is 0 Å². The number of hydrogen-bond donors (Lipinski definition) is 1. The minimum Gasteiger partial charge on any atom is -0.508 e. The first-order chi connectivity index (χ1) is 21.3. The van der Waals surface area contributed by atoms with E-state index < -0.39 is 8.32 Å². The van der Waals surface area contributed by atoms with Crippen molar-refractivity contribution in [3.63, 3.8) is 0 Å². The lowest BCUT2D eigenvalue weighted by Crippen LogP contribution is -2.47. The second-order valence-electron chi connectivity index (χ2n) is 16.0. The molecule has 0 saturated heterocycles. The van der Waals surface area contributed by atoms with Crippen LogP contribution in [0.2, 0.25) is 18.1 Å². The molecule has 0 spiro atoms. The molecule has 4 heteroatoms. The van der Waals surface area contributed by atoms with E-state index in [2.05, 4.69) is 131 Å². The number of hydrogen-bond acceptors (Lipinski definition) is 3. The second kappa shape index (κ2) is 14.5. The normalized spacial score (nSPS) is 13.5. The molecule has 1 unspecified atom stereocenters. The standard InChI is InChI=1S/C42H62O3Si/c1-15-42(16-2,36-20-21-38(30(4)24-36)34-26-32(25-31(5)44-12)27-37(43)28-34)35-19-17-33(29(3)23-35)18-22-39(40(6,7)8)45-46(13,14)41(9,10)11/h17,19-21,23-24,26-28,39,43H,5,15-16,18,22,25H2,1-4,6-14H3. The number of aromatic hydroxyl groups is 1. The van der Waals surface area contributed by atoms with Crippen molar-refractivity contribution in [3.05, 3.63) is 100 Å². The van der Waals surface area contributed by atoms with Gasteiger partial charge < -0.3 is 14.3 Å². The minimum absolute atomic E-state index is 0.0772. The number of phenols is 1. The molecule has 0 aliphatic heterocycles. The van der Waals surface area contributed by atoms with Crippen LogP contribution in [-0.4, -0.2) is 26.6 Å². The van der Waals surface area contributed by atoms with E-state index in [4.69, 9.17) is 9.16 Å². The zero-order valence-corrected chi connectivity index (χ0v) is 32.3. The van der Waals surface area contributed by atoms with Gasteiger partial charge in [0.05, 0.1) is 19.0 Å². The summed E-state index contributed by atoms with van der Waals surface area (Å²) >= 11 is 0. The number of ether oxygens (including phenoxy) is 1. The minimum atomic E-state index is -1.88. The van der Waals surface area contributed by atoms with Gasteiger partial charge in [0.25, 0.3) is 0 Å². The van der Waals surface area contributed by atoms with E-state index in [-0.39, 0.29) is 27.7 Å². The summed E-state index contributed by atoms with van der Waals surface area (Å²) in [5.41, 5.74) is 9.84. The molecular weight excluding hydrogens is 581 g/mol. The maximum atomic E-state index is 10.5. The van der Waals surface area contributed by atoms with Crippen LogP contribution in [0, 0.1) is 19.3 Å². The average Bonchev–Trinajstić information content (AvgIpc) is 2.95. The summed E-state index contributed by atoms with van der Waals surface area (Å²) < 4.78 is 12.3. The quantitative estimate of drug-likeness (QED) is 0.149. The van der Waals surface area contributed by atoms with Gasteiger partial charge in [-0.2, -0.15) is 0 Å². The second-order valence-corrected chi connectivity index (χ2v) is 20.8. The maximum Gasteiger partial charge on any atom is 0.192 e. The first kappa shape index (κ1) is 37.6. The number of methoxy groups -OCH3 is 1. The number of aryl methyl sites for hydroxylation is 3. The molecule has 0 aliphatic carbocycles. The van der Waals surface area contributed by atoms with Gasteiger partial charge in [0, 0.05) is 11.8 Å². The summed E-state index contributed by atoms with van der Waals surface area (Å²) in [6.45, 7) is 31.7. The third kappa shape index (κ3) is 8.55. The Labute approximate surface area is 282 Å². The molecular formula is C42H62O3Si. The van der Waals surface area contributed by atoms with Crippen molar-refractivity contribution in [3.8, 4) is 16.9 Å². The number of rotatable bonds is 13. The van der Waals surface area contributed by atoms with Gasteiger partial charge in [-0.05, 0) is 120 Å². The molecule has 46 heavy (non-hydrogen) atoms. The summed E-state index contributed by atoms with van der Waals surface area (Å²) in [5, 5.41) is 10.7. The van der Waals surface area contributed by atoms with E-state index in [1.807, 2.05) is 6.07 Å². The van der Waals surface area contributed by atoms with Crippen LogP contribution < -0.4 is 0 Å². The zero-order valence-electron chi connectivity index (χ0n) is 31.3. The van der Waals surface area contributed by atoms with E-state index in [9.17, 15) is 5.11 Å². The highest BCUT2D eigenvalue weighted by Gasteiger charge is 2.41. The predicted octanol–water partition coefficient (Wildman–Crippen LogP) is 11.9. The Bertz CT molecular complexity index is 1500. The molecule has 0 bridgehead atoms. The van der Waals surface area contributed by atoms with Crippen molar-refractivity contribution in [1.82, 2.24) is 0 Å². The molecule has 252 valence electrons. The van der Waals surface area contributed by atoms with Crippen molar-refractivity contribution in [2.45, 2.75) is 131 Å². The molecule has 0 heterocycles. The van der Waals surface area contributed by atoms with Crippen LogP contribution in [-0.2, 0) is 27.4 Å². The molecule has 1 atom stereocenters. The van der Waals surface area contributed by atoms with Crippen molar-refractivity contribution in [2.75, 3.05) is 7.11 Å². The topological polar surface area (TPSA) is 38.7 Å². The van der Waals surface area contributed by atoms with Crippen LogP contribution in [0.3, 0.4) is 0 Å². The fourth-order valence-electron chi connectivity index (χ4n) is 6.51. The summed E-state index contributed by atoms with van der Waals surface area (Å²) in [5.74, 6) is 0.932. The smallest absolute Gasteiger partial charge is 0.192 e. The Hall–Kier alpha value is -2.82. The highest BCUT2D eigenvalue weighted by molar-refractivity contribution is 6.74. The first-order valence-corrected chi connectivity index (χ1v) is 20.1. The summed E-state index contributed by atoms with van der Waals surface area (Å²) in [6.07, 6.45) is 4.87. The van der Waals surface area contributed by atoms with Gasteiger partial charge in [-0.1, -0.05) is 104 Å². The fraction of sp³-hybridized carbons (Fsp3) is 0.524. The highest BCUT2D eigenvalue weighted by atomic mass is 28.4. The highest BCUT2D eigenvalue weighted by Crippen LogP contribution is 2.43.